The molecule has 1 spiro atoms. The fraction of sp³-hybridized carbons (Fsp3) is 1.00. The van der Waals surface area contributed by atoms with Gasteiger partial charge in [-0.1, -0.05) is 6.42 Å². The van der Waals surface area contributed by atoms with E-state index in [1.807, 2.05) is 6.92 Å². The number of aliphatic hydroxyl groups is 1. The summed E-state index contributed by atoms with van der Waals surface area (Å²) in [4.78, 5) is 0. The lowest BCUT2D eigenvalue weighted by molar-refractivity contribution is 0.0934. The number of hydrogen-bond acceptors (Lipinski definition) is 3. The molecule has 0 radical (unpaired) electrons. The van der Waals surface area contributed by atoms with Crippen LogP contribution in [0, 0.1) is 11.3 Å². The largest absolute Gasteiger partial charge is 0.395 e. The summed E-state index contributed by atoms with van der Waals surface area (Å²) in [6, 6.07) is 0.243. The van der Waals surface area contributed by atoms with Crippen LogP contribution in [0.15, 0.2) is 0 Å². The van der Waals surface area contributed by atoms with Crippen molar-refractivity contribution < 1.29 is 5.11 Å². The molecule has 0 amide bonds. The SMILES string of the molecule is CC(CO)NCC1CNCC12CCC2. The fourth-order valence-corrected chi connectivity index (χ4v) is 2.77. The van der Waals surface area contributed by atoms with Crippen molar-refractivity contribution in [1.82, 2.24) is 10.6 Å². The summed E-state index contributed by atoms with van der Waals surface area (Å²) in [5.41, 5.74) is 0.613. The Balaban J connectivity index is 1.79. The standard InChI is InChI=1S/C11H22N2O/c1-9(7-14)13-6-10-5-12-8-11(10)3-2-4-11/h9-10,12-14H,2-8H2,1H3. The summed E-state index contributed by atoms with van der Waals surface area (Å²) in [6.07, 6.45) is 4.22. The maximum Gasteiger partial charge on any atom is 0.0581 e. The van der Waals surface area contributed by atoms with E-state index in [1.165, 1.54) is 25.8 Å². The van der Waals surface area contributed by atoms with E-state index in [2.05, 4.69) is 10.6 Å². The number of rotatable bonds is 4. The number of hydrogen-bond donors (Lipinski definition) is 3. The highest BCUT2D eigenvalue weighted by Gasteiger charge is 2.46. The second-order valence-electron chi connectivity index (χ2n) is 5.04. The zero-order valence-electron chi connectivity index (χ0n) is 9.05. The lowest BCUT2D eigenvalue weighted by Crippen LogP contribution is -2.44. The first-order chi connectivity index (χ1) is 6.77. The highest BCUT2D eigenvalue weighted by atomic mass is 16.3. The van der Waals surface area contributed by atoms with Crippen molar-refractivity contribution in [3.05, 3.63) is 0 Å². The second kappa shape index (κ2) is 4.17. The topological polar surface area (TPSA) is 44.3 Å². The molecule has 1 aliphatic carbocycles. The molecule has 0 aromatic rings. The second-order valence-corrected chi connectivity index (χ2v) is 5.04. The molecule has 0 bridgehead atoms. The maximum atomic E-state index is 8.93. The Bertz CT molecular complexity index is 192. The third-order valence-electron chi connectivity index (χ3n) is 4.07. The Morgan fingerprint density at radius 3 is 2.93 bits per heavy atom. The molecule has 3 heteroatoms. The molecule has 2 aliphatic rings. The van der Waals surface area contributed by atoms with Gasteiger partial charge in [0.1, 0.15) is 0 Å². The Hall–Kier alpha value is -0.120. The quantitative estimate of drug-likeness (QED) is 0.610. The molecule has 2 fully saturated rings. The normalized spacial score (nSPS) is 31.7. The molecule has 0 aromatic heterocycles. The van der Waals surface area contributed by atoms with Crippen LogP contribution in [-0.2, 0) is 0 Å². The molecule has 2 rings (SSSR count). The molecule has 2 atom stereocenters. The van der Waals surface area contributed by atoms with Crippen LogP contribution in [0.2, 0.25) is 0 Å². The van der Waals surface area contributed by atoms with Gasteiger partial charge in [-0.2, -0.15) is 0 Å². The van der Waals surface area contributed by atoms with Gasteiger partial charge in [0, 0.05) is 19.1 Å². The van der Waals surface area contributed by atoms with Gasteiger partial charge >= 0.3 is 0 Å². The Morgan fingerprint density at radius 2 is 2.36 bits per heavy atom. The number of aliphatic hydroxyl groups excluding tert-OH is 1. The van der Waals surface area contributed by atoms with E-state index in [-0.39, 0.29) is 12.6 Å². The van der Waals surface area contributed by atoms with Crippen LogP contribution < -0.4 is 10.6 Å². The minimum absolute atomic E-state index is 0.243. The van der Waals surface area contributed by atoms with E-state index in [0.717, 1.165) is 19.0 Å². The van der Waals surface area contributed by atoms with Crippen LogP contribution in [0.3, 0.4) is 0 Å². The van der Waals surface area contributed by atoms with Crippen molar-refractivity contribution in [1.29, 1.82) is 0 Å². The van der Waals surface area contributed by atoms with Gasteiger partial charge in [0.25, 0.3) is 0 Å². The van der Waals surface area contributed by atoms with E-state index >= 15 is 0 Å². The van der Waals surface area contributed by atoms with Crippen molar-refractivity contribution in [2.75, 3.05) is 26.2 Å². The summed E-state index contributed by atoms with van der Waals surface area (Å²) in [5, 5.41) is 15.8. The first-order valence-corrected chi connectivity index (χ1v) is 5.82. The fourth-order valence-electron chi connectivity index (χ4n) is 2.77. The van der Waals surface area contributed by atoms with Crippen molar-refractivity contribution in [3.63, 3.8) is 0 Å². The molecular formula is C11H22N2O. The smallest absolute Gasteiger partial charge is 0.0581 e. The van der Waals surface area contributed by atoms with Crippen molar-refractivity contribution in [2.24, 2.45) is 11.3 Å². The highest BCUT2D eigenvalue weighted by Crippen LogP contribution is 2.48. The Morgan fingerprint density at radius 1 is 1.57 bits per heavy atom. The van der Waals surface area contributed by atoms with Gasteiger partial charge in [-0.05, 0) is 37.6 Å². The van der Waals surface area contributed by atoms with Crippen LogP contribution in [0.5, 0.6) is 0 Å². The predicted octanol–water partition coefficient (Wildman–Crippen LogP) is 0.346. The van der Waals surface area contributed by atoms with Crippen molar-refractivity contribution in [2.45, 2.75) is 32.2 Å². The molecule has 3 nitrogen and oxygen atoms in total. The Labute approximate surface area is 86.3 Å². The van der Waals surface area contributed by atoms with Crippen molar-refractivity contribution in [3.8, 4) is 0 Å². The van der Waals surface area contributed by atoms with Gasteiger partial charge in [-0.25, -0.2) is 0 Å². The van der Waals surface area contributed by atoms with Gasteiger partial charge in [-0.3, -0.25) is 0 Å². The average molecular weight is 198 g/mol. The third-order valence-corrected chi connectivity index (χ3v) is 4.07. The van der Waals surface area contributed by atoms with Gasteiger partial charge in [0.2, 0.25) is 0 Å². The van der Waals surface area contributed by atoms with Crippen molar-refractivity contribution >= 4 is 0 Å². The van der Waals surface area contributed by atoms with Crippen LogP contribution >= 0.6 is 0 Å². The van der Waals surface area contributed by atoms with Crippen LogP contribution in [0.25, 0.3) is 0 Å². The zero-order valence-corrected chi connectivity index (χ0v) is 9.05. The molecule has 82 valence electrons. The number of nitrogens with one attached hydrogen (secondary N) is 2. The van der Waals surface area contributed by atoms with E-state index in [1.54, 1.807) is 0 Å². The molecule has 1 saturated carbocycles. The monoisotopic (exact) mass is 198 g/mol. The first-order valence-electron chi connectivity index (χ1n) is 5.82. The Kier molecular flexibility index (Phi) is 3.10. The molecule has 1 saturated heterocycles. The van der Waals surface area contributed by atoms with Gasteiger partial charge in [0.05, 0.1) is 6.61 Å². The van der Waals surface area contributed by atoms with Crippen LogP contribution in [-0.4, -0.2) is 37.4 Å². The molecule has 14 heavy (non-hydrogen) atoms. The van der Waals surface area contributed by atoms with Crippen LogP contribution in [0.1, 0.15) is 26.2 Å². The summed E-state index contributed by atoms with van der Waals surface area (Å²) in [6.45, 7) is 5.72. The maximum absolute atomic E-state index is 8.93. The summed E-state index contributed by atoms with van der Waals surface area (Å²) < 4.78 is 0. The molecule has 3 N–H and O–H groups in total. The molecular weight excluding hydrogens is 176 g/mol. The summed E-state index contributed by atoms with van der Waals surface area (Å²) >= 11 is 0. The van der Waals surface area contributed by atoms with Gasteiger partial charge < -0.3 is 15.7 Å². The third kappa shape index (κ3) is 1.81. The van der Waals surface area contributed by atoms with E-state index in [0.29, 0.717) is 5.41 Å². The minimum Gasteiger partial charge on any atom is -0.395 e. The highest BCUT2D eigenvalue weighted by molar-refractivity contribution is 5.00. The lowest BCUT2D eigenvalue weighted by atomic mass is 9.63. The minimum atomic E-state index is 0.243. The summed E-state index contributed by atoms with van der Waals surface area (Å²) in [5.74, 6) is 0.783. The van der Waals surface area contributed by atoms with Gasteiger partial charge in [0.15, 0.2) is 0 Å². The average Bonchev–Trinajstić information content (AvgIpc) is 2.56. The van der Waals surface area contributed by atoms with E-state index in [4.69, 9.17) is 5.11 Å². The van der Waals surface area contributed by atoms with Crippen LogP contribution in [0.4, 0.5) is 0 Å². The molecule has 1 heterocycles. The van der Waals surface area contributed by atoms with Gasteiger partial charge in [-0.15, -0.1) is 0 Å². The molecule has 1 aliphatic heterocycles. The summed E-state index contributed by atoms with van der Waals surface area (Å²) in [7, 11) is 0. The zero-order chi connectivity index (χ0) is 10.0. The lowest BCUT2D eigenvalue weighted by Gasteiger charge is -2.43. The van der Waals surface area contributed by atoms with E-state index in [9.17, 15) is 0 Å². The first kappa shape index (κ1) is 10.4. The predicted molar refractivity (Wildman–Crippen MR) is 57.2 cm³/mol. The molecule has 0 aromatic carbocycles. The molecule has 2 unspecified atom stereocenters. The van der Waals surface area contributed by atoms with E-state index < -0.39 is 0 Å².